The molecule has 0 saturated heterocycles. The molecule has 3 nitrogen and oxygen atoms in total. The Morgan fingerprint density at radius 1 is 0.700 bits per heavy atom. The molecule has 0 aromatic heterocycles. The fourth-order valence-corrected chi connectivity index (χ4v) is 0. The molecule has 0 aromatic rings. The molecule has 0 aliphatic heterocycles. The fraction of sp³-hybridized carbons (Fsp3) is 0. The van der Waals surface area contributed by atoms with E-state index in [1.54, 1.807) is 0 Å². The molecule has 10 heteroatoms. The summed E-state index contributed by atoms with van der Waals surface area (Å²) in [5, 5.41) is 0. The van der Waals surface area contributed by atoms with Crippen LogP contribution in [0.4, 0.5) is 18.8 Å². The summed E-state index contributed by atoms with van der Waals surface area (Å²) in [6.07, 6.45) is 0. The molecule has 0 radical (unpaired) electrons. The minimum absolute atomic E-state index is 0. The van der Waals surface area contributed by atoms with E-state index in [0.29, 0.717) is 0 Å². The van der Waals surface area contributed by atoms with Crippen molar-refractivity contribution in [2.75, 3.05) is 0 Å². The summed E-state index contributed by atoms with van der Waals surface area (Å²) in [5.74, 6) is 0. The van der Waals surface area contributed by atoms with E-state index in [1.165, 1.54) is 0 Å². The maximum atomic E-state index is 8.50. The van der Waals surface area contributed by atoms with Gasteiger partial charge in [0.15, 0.2) is 0 Å². The van der Waals surface area contributed by atoms with Crippen molar-refractivity contribution in [2.45, 2.75) is 0 Å². The third kappa shape index (κ3) is 207. The topological polar surface area (TPSA) is 65.6 Å². The number of hydrogen-bond donors (Lipinski definition) is 0. The van der Waals surface area contributed by atoms with Gasteiger partial charge in [-0.3, -0.25) is 18.8 Å². The van der Waals surface area contributed by atoms with E-state index < -0.39 is 18.5 Å². The Morgan fingerprint density at radius 3 is 0.700 bits per heavy atom. The van der Waals surface area contributed by atoms with Gasteiger partial charge < -0.3 is 5.48 Å². The number of halogens is 4. The van der Waals surface area contributed by atoms with Crippen LogP contribution in [0, 0.1) is 0 Å². The molecule has 0 aromatic carbocycles. The minimum atomic E-state index is -2.03. The van der Waals surface area contributed by atoms with Gasteiger partial charge in [0.05, 0.1) is 0 Å². The molecule has 0 atom stereocenters. The second kappa shape index (κ2) is 124. The number of rotatable bonds is 0. The zero-order valence-electron chi connectivity index (χ0n) is 5.36. The van der Waals surface area contributed by atoms with Crippen LogP contribution in [0.5, 0.6) is 0 Å². The molecule has 0 aliphatic carbocycles. The quantitative estimate of drug-likeness (QED) is 0.325. The first-order valence-electron chi connectivity index (χ1n) is 0.333. The van der Waals surface area contributed by atoms with Crippen LogP contribution in [-0.4, -0.2) is 5.48 Å². The van der Waals surface area contributed by atoms with Crippen LogP contribution >= 0.6 is 0 Å². The third-order valence-electron chi connectivity index (χ3n) is 0. The standard InChI is InChI=1S/4FH.Mo.2Na.H2O.2O/h4*1H;;;;1H2;;/q;;;;;2*+1;;;. The third-order valence-corrected chi connectivity index (χ3v) is 0. The second-order valence-electron chi connectivity index (χ2n) is 0.0680. The maximum absolute atomic E-state index is 8.50. The molecule has 2 N–H and O–H groups in total. The molecule has 0 amide bonds. The predicted molar refractivity (Wildman–Crippen MR) is 15.0 cm³/mol. The van der Waals surface area contributed by atoms with E-state index in [4.69, 9.17) is 6.80 Å². The number of hydrogen-bond acceptors (Lipinski definition) is 2. The zero-order chi connectivity index (χ0) is 2.71. The Hall–Kier alpha value is 1.97. The van der Waals surface area contributed by atoms with Gasteiger partial charge in [-0.15, -0.1) is 0 Å². The van der Waals surface area contributed by atoms with Gasteiger partial charge in [-0.1, -0.05) is 0 Å². The van der Waals surface area contributed by atoms with E-state index in [2.05, 4.69) is 0 Å². The van der Waals surface area contributed by atoms with Gasteiger partial charge in [0.25, 0.3) is 0 Å². The molecule has 0 saturated carbocycles. The van der Waals surface area contributed by atoms with Gasteiger partial charge in [0.2, 0.25) is 0 Å². The van der Waals surface area contributed by atoms with E-state index in [-0.39, 0.29) is 83.4 Å². The van der Waals surface area contributed by atoms with Crippen molar-refractivity contribution in [3.63, 3.8) is 0 Å². The molecular weight excluding hydrogens is 266 g/mol. The fourth-order valence-electron chi connectivity index (χ4n) is 0. The monoisotopic (exact) mass is 274 g/mol. The van der Waals surface area contributed by atoms with E-state index in [0.717, 1.165) is 0 Å². The molecular formula is H6F4MoNa2O3+2. The predicted octanol–water partition coefficient (Wildman–Crippen LogP) is -6.45. The van der Waals surface area contributed by atoms with Gasteiger partial charge in [0.1, 0.15) is 0 Å². The summed E-state index contributed by atoms with van der Waals surface area (Å²) in [6, 6.07) is 0. The Bertz CT molecular complexity index is 39.5. The van der Waals surface area contributed by atoms with Crippen molar-refractivity contribution in [1.29, 1.82) is 0 Å². The Morgan fingerprint density at radius 2 is 0.700 bits per heavy atom. The first-order valence-corrected chi connectivity index (χ1v) is 1.97. The first-order chi connectivity index (χ1) is 1.41. The molecule has 0 aliphatic rings. The molecule has 10 heavy (non-hydrogen) atoms. The van der Waals surface area contributed by atoms with Crippen LogP contribution in [0.2, 0.25) is 0 Å². The van der Waals surface area contributed by atoms with Gasteiger partial charge in [-0.2, -0.15) is 0 Å². The van der Waals surface area contributed by atoms with Crippen molar-refractivity contribution < 1.29 is 109 Å². The van der Waals surface area contributed by atoms with E-state index in [9.17, 15) is 0 Å². The van der Waals surface area contributed by atoms with Crippen LogP contribution in [0.1, 0.15) is 0 Å². The molecule has 0 rings (SSSR count). The van der Waals surface area contributed by atoms with Gasteiger partial charge in [0, 0.05) is 0 Å². The summed E-state index contributed by atoms with van der Waals surface area (Å²) in [7, 11) is 0. The van der Waals surface area contributed by atoms with Gasteiger partial charge >= 0.3 is 84.4 Å². The van der Waals surface area contributed by atoms with Crippen molar-refractivity contribution in [3.05, 3.63) is 0 Å². The van der Waals surface area contributed by atoms with Crippen LogP contribution in [0.25, 0.3) is 0 Å². The van der Waals surface area contributed by atoms with Gasteiger partial charge in [-0.05, 0) is 0 Å². The normalized spacial score (nSPS) is 1.20. The zero-order valence-corrected chi connectivity index (χ0v) is 11.4. The molecule has 0 spiro atoms. The van der Waals surface area contributed by atoms with Gasteiger partial charge in [-0.25, -0.2) is 0 Å². The second-order valence-corrected chi connectivity index (χ2v) is 0.403. The van der Waals surface area contributed by atoms with Crippen molar-refractivity contribution in [2.24, 2.45) is 0 Å². The molecule has 58 valence electrons. The van der Waals surface area contributed by atoms with E-state index >= 15 is 0 Å². The average molecular weight is 272 g/mol. The Kier molecular flexibility index (Phi) is 1130. The Balaban J connectivity index is -0.000000000952. The average Bonchev–Trinajstić information content (AvgIpc) is 0.918. The Labute approximate surface area is 107 Å². The molecule has 0 unspecified atom stereocenters. The summed E-state index contributed by atoms with van der Waals surface area (Å²) in [5.41, 5.74) is 0. The summed E-state index contributed by atoms with van der Waals surface area (Å²) >= 11 is -2.03. The summed E-state index contributed by atoms with van der Waals surface area (Å²) in [6.45, 7) is 0. The molecule has 0 fully saturated rings. The van der Waals surface area contributed by atoms with Crippen LogP contribution < -0.4 is 59.1 Å². The van der Waals surface area contributed by atoms with Crippen molar-refractivity contribution in [3.8, 4) is 0 Å². The van der Waals surface area contributed by atoms with Crippen LogP contribution in [0.15, 0.2) is 0 Å². The molecule has 0 bridgehead atoms. The van der Waals surface area contributed by atoms with Crippen LogP contribution in [-0.2, 0) is 25.3 Å². The van der Waals surface area contributed by atoms with Crippen LogP contribution in [0.3, 0.4) is 0 Å². The summed E-state index contributed by atoms with van der Waals surface area (Å²) < 4.78 is 17.0. The summed E-state index contributed by atoms with van der Waals surface area (Å²) in [4.78, 5) is 0. The first kappa shape index (κ1) is 91.4. The molecule has 0 heterocycles. The van der Waals surface area contributed by atoms with E-state index in [1.807, 2.05) is 0 Å². The van der Waals surface area contributed by atoms with Crippen molar-refractivity contribution >= 4 is 0 Å². The SMILES string of the molecule is F.F.F.F.O.[Na+].[Na+].[O]=[Mo]=[O]. The van der Waals surface area contributed by atoms with Crippen molar-refractivity contribution in [1.82, 2.24) is 0 Å².